The van der Waals surface area contributed by atoms with Crippen molar-refractivity contribution in [2.24, 2.45) is 0 Å². The van der Waals surface area contributed by atoms with Gasteiger partial charge in [0.25, 0.3) is 5.91 Å². The smallest absolute Gasteiger partial charge is 0.251 e. The summed E-state index contributed by atoms with van der Waals surface area (Å²) in [7, 11) is 1.60. The topological polar surface area (TPSA) is 67.4 Å². The van der Waals surface area contributed by atoms with Crippen LogP contribution in [0.2, 0.25) is 0 Å². The van der Waals surface area contributed by atoms with E-state index in [1.807, 2.05) is 24.3 Å². The maximum absolute atomic E-state index is 13.5. The zero-order chi connectivity index (χ0) is 18.9. The highest BCUT2D eigenvalue weighted by atomic mass is 32.2. The average molecular weight is 376 g/mol. The molecule has 0 aliphatic rings. The lowest BCUT2D eigenvalue weighted by molar-refractivity contribution is -0.118. The summed E-state index contributed by atoms with van der Waals surface area (Å²) in [5, 5.41) is 5.38. The summed E-state index contributed by atoms with van der Waals surface area (Å²) in [6.45, 7) is 2.21. The quantitative estimate of drug-likeness (QED) is 0.549. The molecule has 0 spiro atoms. The van der Waals surface area contributed by atoms with E-state index >= 15 is 0 Å². The summed E-state index contributed by atoms with van der Waals surface area (Å²) in [5.74, 6) is 0.139. The molecule has 0 heterocycles. The first kappa shape index (κ1) is 19.8. The van der Waals surface area contributed by atoms with Gasteiger partial charge >= 0.3 is 0 Å². The lowest BCUT2D eigenvalue weighted by atomic mass is 10.1. The molecule has 0 fully saturated rings. The molecule has 2 amide bonds. The van der Waals surface area contributed by atoms with Gasteiger partial charge in [-0.25, -0.2) is 4.39 Å². The van der Waals surface area contributed by atoms with E-state index in [9.17, 15) is 14.0 Å². The first-order valence-corrected chi connectivity index (χ1v) is 9.06. The number of hydrogen-bond donors (Lipinski definition) is 2. The summed E-state index contributed by atoms with van der Waals surface area (Å²) in [6.07, 6.45) is 0. The van der Waals surface area contributed by atoms with Crippen molar-refractivity contribution < 1.29 is 18.7 Å². The van der Waals surface area contributed by atoms with Gasteiger partial charge in [-0.2, -0.15) is 0 Å². The Morgan fingerprint density at radius 2 is 1.77 bits per heavy atom. The minimum atomic E-state index is -0.415. The van der Waals surface area contributed by atoms with Gasteiger partial charge < -0.3 is 15.4 Å². The van der Waals surface area contributed by atoms with Crippen LogP contribution in [0.25, 0.3) is 0 Å². The fraction of sp³-hybridized carbons (Fsp3) is 0.263. The Bertz CT molecular complexity index is 766. The zero-order valence-electron chi connectivity index (χ0n) is 14.7. The van der Waals surface area contributed by atoms with E-state index in [0.717, 1.165) is 10.6 Å². The third-order valence-corrected chi connectivity index (χ3v) is 4.61. The van der Waals surface area contributed by atoms with Crippen LogP contribution in [0.4, 0.5) is 4.39 Å². The number of benzene rings is 2. The predicted molar refractivity (Wildman–Crippen MR) is 100 cm³/mol. The molecular formula is C19H21FN2O3S. The molecule has 0 bridgehead atoms. The van der Waals surface area contributed by atoms with Crippen LogP contribution in [0.5, 0.6) is 5.75 Å². The van der Waals surface area contributed by atoms with Crippen LogP contribution in [0.1, 0.15) is 15.9 Å². The molecule has 26 heavy (non-hydrogen) atoms. The van der Waals surface area contributed by atoms with Gasteiger partial charge in [0.05, 0.1) is 12.9 Å². The lowest BCUT2D eigenvalue weighted by Crippen LogP contribution is -2.35. The van der Waals surface area contributed by atoms with Gasteiger partial charge in [-0.05, 0) is 48.9 Å². The van der Waals surface area contributed by atoms with E-state index in [4.69, 9.17) is 4.74 Å². The predicted octanol–water partition coefficient (Wildman–Crippen LogP) is 2.78. The molecule has 0 saturated heterocycles. The molecule has 0 unspecified atom stereocenters. The monoisotopic (exact) mass is 376 g/mol. The van der Waals surface area contributed by atoms with Crippen LogP contribution in [0.3, 0.4) is 0 Å². The minimum Gasteiger partial charge on any atom is -0.497 e. The minimum absolute atomic E-state index is 0.124. The summed E-state index contributed by atoms with van der Waals surface area (Å²) >= 11 is 1.42. The third-order valence-electron chi connectivity index (χ3n) is 3.60. The third kappa shape index (κ3) is 6.07. The SMILES string of the molecule is COc1ccc(SCC(=O)NCCNC(=O)c2ccc(C)c(F)c2)cc1. The Kier molecular flexibility index (Phi) is 7.47. The maximum Gasteiger partial charge on any atom is 0.251 e. The largest absolute Gasteiger partial charge is 0.497 e. The first-order chi connectivity index (χ1) is 12.5. The van der Waals surface area contributed by atoms with Crippen molar-refractivity contribution in [2.45, 2.75) is 11.8 Å². The molecule has 0 aromatic heterocycles. The van der Waals surface area contributed by atoms with Crippen molar-refractivity contribution in [3.63, 3.8) is 0 Å². The number of nitrogens with one attached hydrogen (secondary N) is 2. The van der Waals surface area contributed by atoms with Crippen molar-refractivity contribution >= 4 is 23.6 Å². The second-order valence-corrected chi connectivity index (χ2v) is 6.58. The van der Waals surface area contributed by atoms with Crippen molar-refractivity contribution in [1.82, 2.24) is 10.6 Å². The molecule has 7 heteroatoms. The molecule has 0 saturated carbocycles. The second kappa shape index (κ2) is 9.82. The van der Waals surface area contributed by atoms with Crippen LogP contribution in [0, 0.1) is 12.7 Å². The molecule has 0 aliphatic heterocycles. The molecule has 138 valence electrons. The molecule has 0 radical (unpaired) electrons. The molecule has 2 N–H and O–H groups in total. The number of aryl methyl sites for hydroxylation is 1. The van der Waals surface area contributed by atoms with Gasteiger partial charge in [-0.15, -0.1) is 11.8 Å². The van der Waals surface area contributed by atoms with Crippen LogP contribution in [-0.4, -0.2) is 37.8 Å². The molecule has 2 aromatic rings. The normalized spacial score (nSPS) is 10.3. The Labute approximate surface area is 156 Å². The van der Waals surface area contributed by atoms with Gasteiger partial charge in [0.15, 0.2) is 0 Å². The second-order valence-electron chi connectivity index (χ2n) is 5.53. The van der Waals surface area contributed by atoms with Gasteiger partial charge in [0.1, 0.15) is 11.6 Å². The summed E-state index contributed by atoms with van der Waals surface area (Å²) in [5.41, 5.74) is 0.748. The van der Waals surface area contributed by atoms with Gasteiger partial charge in [-0.3, -0.25) is 9.59 Å². The van der Waals surface area contributed by atoms with Crippen molar-refractivity contribution in [3.8, 4) is 5.75 Å². The van der Waals surface area contributed by atoms with Crippen molar-refractivity contribution in [2.75, 3.05) is 26.0 Å². The van der Waals surface area contributed by atoms with Gasteiger partial charge in [0.2, 0.25) is 5.91 Å². The van der Waals surface area contributed by atoms with E-state index in [1.165, 1.54) is 17.8 Å². The molecule has 2 aromatic carbocycles. The van der Waals surface area contributed by atoms with Gasteiger partial charge in [0, 0.05) is 23.5 Å². The standard InChI is InChI=1S/C19H21FN2O3S/c1-13-3-4-14(11-17(13)20)19(24)22-10-9-21-18(23)12-26-16-7-5-15(25-2)6-8-16/h3-8,11H,9-10,12H2,1-2H3,(H,21,23)(H,22,24). The zero-order valence-corrected chi connectivity index (χ0v) is 15.5. The fourth-order valence-electron chi connectivity index (χ4n) is 2.09. The Hall–Kier alpha value is -2.54. The number of rotatable bonds is 8. The maximum atomic E-state index is 13.5. The van der Waals surface area contributed by atoms with E-state index < -0.39 is 5.82 Å². The highest BCUT2D eigenvalue weighted by molar-refractivity contribution is 8.00. The van der Waals surface area contributed by atoms with Crippen molar-refractivity contribution in [1.29, 1.82) is 0 Å². The molecule has 0 atom stereocenters. The number of thioether (sulfide) groups is 1. The van der Waals surface area contributed by atoms with Crippen LogP contribution >= 0.6 is 11.8 Å². The first-order valence-electron chi connectivity index (χ1n) is 8.07. The number of halogens is 1. The number of ether oxygens (including phenoxy) is 1. The van der Waals surface area contributed by atoms with E-state index in [2.05, 4.69) is 10.6 Å². The van der Waals surface area contributed by atoms with E-state index in [-0.39, 0.29) is 29.7 Å². The Morgan fingerprint density at radius 3 is 2.42 bits per heavy atom. The number of carbonyl (C=O) groups excluding carboxylic acids is 2. The summed E-state index contributed by atoms with van der Waals surface area (Å²) < 4.78 is 18.5. The summed E-state index contributed by atoms with van der Waals surface area (Å²) in [6, 6.07) is 11.8. The number of carbonyl (C=O) groups is 2. The van der Waals surface area contributed by atoms with E-state index in [1.54, 1.807) is 26.2 Å². The van der Waals surface area contributed by atoms with Crippen LogP contribution in [-0.2, 0) is 4.79 Å². The van der Waals surface area contributed by atoms with Crippen LogP contribution in [0.15, 0.2) is 47.4 Å². The molecule has 2 rings (SSSR count). The Morgan fingerprint density at radius 1 is 1.08 bits per heavy atom. The van der Waals surface area contributed by atoms with E-state index in [0.29, 0.717) is 12.1 Å². The highest BCUT2D eigenvalue weighted by Crippen LogP contribution is 2.20. The van der Waals surface area contributed by atoms with Crippen LogP contribution < -0.4 is 15.4 Å². The lowest BCUT2D eigenvalue weighted by Gasteiger charge is -2.08. The molecule has 5 nitrogen and oxygen atoms in total. The van der Waals surface area contributed by atoms with Crippen molar-refractivity contribution in [3.05, 3.63) is 59.4 Å². The molecule has 0 aliphatic carbocycles. The highest BCUT2D eigenvalue weighted by Gasteiger charge is 2.08. The fourth-order valence-corrected chi connectivity index (χ4v) is 2.81. The van der Waals surface area contributed by atoms with Gasteiger partial charge in [-0.1, -0.05) is 6.07 Å². The summed E-state index contributed by atoms with van der Waals surface area (Å²) in [4.78, 5) is 24.7. The number of hydrogen-bond acceptors (Lipinski definition) is 4. The molecular weight excluding hydrogens is 355 g/mol. The average Bonchev–Trinajstić information content (AvgIpc) is 2.66. The number of amides is 2. The Balaban J connectivity index is 1.66. The number of methoxy groups -OCH3 is 1.